The van der Waals surface area contributed by atoms with E-state index in [0.717, 1.165) is 22.4 Å². The lowest BCUT2D eigenvalue weighted by Crippen LogP contribution is -2.30. The van der Waals surface area contributed by atoms with Crippen LogP contribution in [0.1, 0.15) is 47.2 Å². The molecule has 10 nitrogen and oxygen atoms in total. The van der Waals surface area contributed by atoms with E-state index in [2.05, 4.69) is 25.1 Å². The first-order chi connectivity index (χ1) is 18.3. The Balaban J connectivity index is 1.39. The lowest BCUT2D eigenvalue weighted by Gasteiger charge is -2.19. The van der Waals surface area contributed by atoms with E-state index in [0.29, 0.717) is 42.2 Å². The van der Waals surface area contributed by atoms with Crippen LogP contribution in [0.15, 0.2) is 43.0 Å². The molecule has 0 saturated heterocycles. The van der Waals surface area contributed by atoms with Crippen molar-refractivity contribution >= 4 is 50.1 Å². The Hall–Kier alpha value is -3.13. The van der Waals surface area contributed by atoms with Gasteiger partial charge in [0, 0.05) is 42.9 Å². The molecule has 0 radical (unpaired) electrons. The number of carbonyl (C=O) groups excluding carboxylic acids is 1. The highest BCUT2D eigenvalue weighted by Gasteiger charge is 2.36. The fraction of sp³-hybridized carbons (Fsp3) is 0.333. The Labute approximate surface area is 227 Å². The molecule has 38 heavy (non-hydrogen) atoms. The van der Waals surface area contributed by atoms with E-state index < -0.39 is 33.0 Å². The average Bonchev–Trinajstić information content (AvgIpc) is 3.51. The summed E-state index contributed by atoms with van der Waals surface area (Å²) in [5.41, 5.74) is 1.27. The normalized spacial score (nSPS) is 14.5. The first kappa shape index (κ1) is 26.5. The van der Waals surface area contributed by atoms with Gasteiger partial charge in [-0.2, -0.15) is 5.10 Å². The van der Waals surface area contributed by atoms with E-state index in [4.69, 9.17) is 16.3 Å². The quantitative estimate of drug-likeness (QED) is 0.252. The molecule has 4 aromatic heterocycles. The molecule has 14 heteroatoms. The maximum Gasteiger partial charge on any atom is 0.280 e. The third-order valence-corrected chi connectivity index (χ3v) is 9.18. The lowest BCUT2D eigenvalue weighted by atomic mass is 10.1. The van der Waals surface area contributed by atoms with Gasteiger partial charge in [0.15, 0.2) is 10.8 Å². The van der Waals surface area contributed by atoms with Gasteiger partial charge in [0.25, 0.3) is 5.91 Å². The topological polar surface area (TPSA) is 128 Å². The zero-order valence-electron chi connectivity index (χ0n) is 20.2. The number of carbonyl (C=O) groups is 1. The summed E-state index contributed by atoms with van der Waals surface area (Å²) in [6.07, 6.45) is 8.20. The summed E-state index contributed by atoms with van der Waals surface area (Å²) in [5, 5.41) is 7.32. The third-order valence-electron chi connectivity index (χ3n) is 6.06. The molecule has 1 amide bonds. The number of hydrogen-bond acceptors (Lipinski definition) is 8. The van der Waals surface area contributed by atoms with E-state index in [1.807, 2.05) is 0 Å². The third kappa shape index (κ3) is 5.65. The Bertz CT molecular complexity index is 1590. The lowest BCUT2D eigenvalue weighted by molar-refractivity contribution is 0.0928. The molecule has 0 unspecified atom stereocenters. The van der Waals surface area contributed by atoms with Crippen LogP contribution in [0.5, 0.6) is 0 Å². The summed E-state index contributed by atoms with van der Waals surface area (Å²) >= 11 is 7.30. The Morgan fingerprint density at radius 2 is 2.13 bits per heavy atom. The Morgan fingerprint density at radius 3 is 2.89 bits per heavy atom. The van der Waals surface area contributed by atoms with Crippen LogP contribution in [0.4, 0.5) is 10.1 Å². The van der Waals surface area contributed by atoms with E-state index in [9.17, 15) is 13.2 Å². The number of fused-ring (bicyclic) bond motifs is 1. The molecule has 4 heterocycles. The largest absolute Gasteiger partial charge is 0.385 e. The van der Waals surface area contributed by atoms with E-state index in [1.165, 1.54) is 12.3 Å². The van der Waals surface area contributed by atoms with Crippen molar-refractivity contribution in [2.24, 2.45) is 0 Å². The van der Waals surface area contributed by atoms with Crippen LogP contribution >= 0.6 is 22.9 Å². The highest BCUT2D eigenvalue weighted by molar-refractivity contribution is 7.93. The minimum absolute atomic E-state index is 0.0699. The van der Waals surface area contributed by atoms with Gasteiger partial charge in [0.2, 0.25) is 10.0 Å². The van der Waals surface area contributed by atoms with Crippen molar-refractivity contribution in [2.75, 3.05) is 18.4 Å². The maximum atomic E-state index is 15.5. The van der Waals surface area contributed by atoms with E-state index in [1.54, 1.807) is 42.3 Å². The molecule has 1 aliphatic carbocycles. The van der Waals surface area contributed by atoms with Crippen LogP contribution in [0, 0.1) is 5.82 Å². The molecular formula is C24H24ClFN6O4S2. The molecule has 1 saturated carbocycles. The van der Waals surface area contributed by atoms with Gasteiger partial charge < -0.3 is 10.1 Å². The number of nitrogens with zero attached hydrogens (tertiary/aromatic N) is 4. The number of nitrogens with one attached hydrogen (secondary N) is 2. The number of methoxy groups -OCH3 is 1. The van der Waals surface area contributed by atoms with Gasteiger partial charge in [-0.25, -0.2) is 22.3 Å². The van der Waals surface area contributed by atoms with Gasteiger partial charge in [0.1, 0.15) is 5.69 Å². The number of rotatable bonds is 11. The number of hydrogen-bond donors (Lipinski definition) is 2. The number of aromatic nitrogens is 4. The summed E-state index contributed by atoms with van der Waals surface area (Å²) in [6.45, 7) is 0.390. The fourth-order valence-electron chi connectivity index (χ4n) is 3.97. The first-order valence-electron chi connectivity index (χ1n) is 11.8. The zero-order valence-corrected chi connectivity index (χ0v) is 22.6. The minimum atomic E-state index is -3.68. The van der Waals surface area contributed by atoms with E-state index in [-0.39, 0.29) is 16.4 Å². The van der Waals surface area contributed by atoms with Crippen molar-refractivity contribution in [3.8, 4) is 10.4 Å². The molecule has 1 aliphatic rings. The summed E-state index contributed by atoms with van der Waals surface area (Å²) in [6, 6.07) is 3.92. The number of ether oxygens (including phenoxy) is 1. The molecule has 0 bridgehead atoms. The van der Waals surface area contributed by atoms with Crippen molar-refractivity contribution < 1.29 is 22.3 Å². The van der Waals surface area contributed by atoms with Gasteiger partial charge in [-0.1, -0.05) is 11.6 Å². The minimum Gasteiger partial charge on any atom is -0.385 e. The first-order valence-corrected chi connectivity index (χ1v) is 14.6. The molecular weight excluding hydrogens is 555 g/mol. The van der Waals surface area contributed by atoms with Gasteiger partial charge in [-0.15, -0.1) is 11.3 Å². The number of amides is 1. The van der Waals surface area contributed by atoms with Crippen LogP contribution < -0.4 is 10.0 Å². The van der Waals surface area contributed by atoms with E-state index >= 15 is 4.39 Å². The van der Waals surface area contributed by atoms with Crippen molar-refractivity contribution in [1.29, 1.82) is 0 Å². The van der Waals surface area contributed by atoms with Gasteiger partial charge in [-0.3, -0.25) is 14.5 Å². The van der Waals surface area contributed by atoms with Crippen LogP contribution in [-0.2, 0) is 14.8 Å². The second-order valence-electron chi connectivity index (χ2n) is 8.83. The summed E-state index contributed by atoms with van der Waals surface area (Å²) in [4.78, 5) is 22.3. The molecule has 2 N–H and O–H groups in total. The van der Waals surface area contributed by atoms with Crippen molar-refractivity contribution in [3.05, 3.63) is 64.5 Å². The SMILES string of the molecule is COCCC[C@H](NC(=O)c1ncc(-c2cnn3ccc(Cl)cc23)s1)c1nccc(NS(=O)(=O)C2CC2)c1F. The molecule has 1 atom stereocenters. The smallest absolute Gasteiger partial charge is 0.280 e. The fourth-order valence-corrected chi connectivity index (χ4v) is 6.36. The Morgan fingerprint density at radius 1 is 1.32 bits per heavy atom. The maximum absolute atomic E-state index is 15.5. The number of sulfonamides is 1. The van der Waals surface area contributed by atoms with Crippen LogP contribution in [0.2, 0.25) is 5.02 Å². The highest BCUT2D eigenvalue weighted by atomic mass is 35.5. The highest BCUT2D eigenvalue weighted by Crippen LogP contribution is 2.33. The standard InChI is InChI=1S/C24H24ClFN6O4S2/c1-36-10-2-3-18(22-21(26)17(6-8-27-22)31-38(34,35)15-4-5-15)30-23(33)24-28-13-20(37-24)16-12-29-32-9-7-14(25)11-19(16)32/h6-9,11-13,15,18H,2-5,10H2,1H3,(H,27,31)(H,30,33)/t18-/m0/s1. The molecule has 0 aromatic carbocycles. The number of thiazole rings is 1. The van der Waals surface area contributed by atoms with Crippen molar-refractivity contribution in [3.63, 3.8) is 0 Å². The van der Waals surface area contributed by atoms with Crippen LogP contribution in [0.3, 0.4) is 0 Å². The monoisotopic (exact) mass is 578 g/mol. The zero-order chi connectivity index (χ0) is 26.9. The number of anilines is 1. The molecule has 0 spiro atoms. The average molecular weight is 579 g/mol. The number of pyridine rings is 2. The molecule has 5 rings (SSSR count). The second kappa shape index (κ2) is 10.9. The summed E-state index contributed by atoms with van der Waals surface area (Å²) in [5.74, 6) is -1.34. The summed E-state index contributed by atoms with van der Waals surface area (Å²) in [7, 11) is -2.13. The molecule has 0 aliphatic heterocycles. The van der Waals surface area contributed by atoms with Gasteiger partial charge in [-0.05, 0) is 43.9 Å². The second-order valence-corrected chi connectivity index (χ2v) is 12.3. The van der Waals surface area contributed by atoms with Gasteiger partial charge >= 0.3 is 0 Å². The molecule has 1 fully saturated rings. The summed E-state index contributed by atoms with van der Waals surface area (Å²) < 4.78 is 49.3. The van der Waals surface area contributed by atoms with Crippen molar-refractivity contribution in [1.82, 2.24) is 24.9 Å². The molecule has 200 valence electrons. The van der Waals surface area contributed by atoms with Crippen LogP contribution in [-0.4, -0.2) is 52.9 Å². The predicted molar refractivity (Wildman–Crippen MR) is 142 cm³/mol. The predicted octanol–water partition coefficient (Wildman–Crippen LogP) is 4.45. The van der Waals surface area contributed by atoms with Crippen LogP contribution in [0.25, 0.3) is 16.0 Å². The van der Waals surface area contributed by atoms with Crippen molar-refractivity contribution in [2.45, 2.75) is 37.0 Å². The Kier molecular flexibility index (Phi) is 7.61. The van der Waals surface area contributed by atoms with Gasteiger partial charge in [0.05, 0.1) is 33.6 Å². The number of halogens is 2. The molecule has 4 aromatic rings.